The molecule has 0 bridgehead atoms. The van der Waals surface area contributed by atoms with E-state index in [1.165, 1.54) is 18.5 Å². The second-order valence-corrected chi connectivity index (χ2v) is 10.2. The molecular weight excluding hydrogens is 236 g/mol. The first-order valence-corrected chi connectivity index (χ1v) is 8.33. The summed E-state index contributed by atoms with van der Waals surface area (Å²) in [6.07, 6.45) is 2.81. The summed E-state index contributed by atoms with van der Waals surface area (Å²) in [5, 5.41) is 10.9. The standard InChI is InChI=1S/C11H18N2O3Si/c1-11(2,3)17(4,5)16-10-8-12-7-6-9(10)13(14)15/h6-8H,1-5H3. The van der Waals surface area contributed by atoms with Crippen molar-refractivity contribution < 1.29 is 9.35 Å². The molecule has 5 nitrogen and oxygen atoms in total. The second kappa shape index (κ2) is 4.44. The van der Waals surface area contributed by atoms with Crippen molar-refractivity contribution in [2.75, 3.05) is 0 Å². The van der Waals surface area contributed by atoms with Crippen LogP contribution < -0.4 is 4.43 Å². The lowest BCUT2D eigenvalue weighted by atomic mass is 10.2. The van der Waals surface area contributed by atoms with Crippen LogP contribution >= 0.6 is 0 Å². The normalized spacial score (nSPS) is 12.3. The molecule has 0 atom stereocenters. The summed E-state index contributed by atoms with van der Waals surface area (Å²) in [5.74, 6) is 0.268. The van der Waals surface area contributed by atoms with Gasteiger partial charge in [0, 0.05) is 12.3 Å². The zero-order chi connectivity index (χ0) is 13.3. The molecule has 0 saturated carbocycles. The quantitative estimate of drug-likeness (QED) is 0.471. The summed E-state index contributed by atoms with van der Waals surface area (Å²) in [6, 6.07) is 1.36. The van der Waals surface area contributed by atoms with Gasteiger partial charge in [0.2, 0.25) is 5.75 Å². The van der Waals surface area contributed by atoms with Gasteiger partial charge in [-0.25, -0.2) is 0 Å². The largest absolute Gasteiger partial charge is 0.538 e. The molecule has 0 aromatic carbocycles. The van der Waals surface area contributed by atoms with Gasteiger partial charge in [-0.2, -0.15) is 0 Å². The third-order valence-electron chi connectivity index (χ3n) is 3.13. The van der Waals surface area contributed by atoms with E-state index in [0.29, 0.717) is 0 Å². The minimum Gasteiger partial charge on any atom is -0.538 e. The molecule has 0 aliphatic carbocycles. The molecule has 0 spiro atoms. The van der Waals surface area contributed by atoms with Crippen molar-refractivity contribution >= 4 is 14.0 Å². The summed E-state index contributed by atoms with van der Waals surface area (Å²) >= 11 is 0. The number of nitro groups is 1. The third kappa shape index (κ3) is 3.03. The van der Waals surface area contributed by atoms with Crippen molar-refractivity contribution in [3.05, 3.63) is 28.6 Å². The van der Waals surface area contributed by atoms with Crippen molar-refractivity contribution in [3.8, 4) is 5.75 Å². The highest BCUT2D eigenvalue weighted by molar-refractivity contribution is 6.74. The molecule has 0 aliphatic heterocycles. The van der Waals surface area contributed by atoms with Crippen molar-refractivity contribution in [1.29, 1.82) is 0 Å². The molecule has 1 heterocycles. The minimum absolute atomic E-state index is 0.00326. The van der Waals surface area contributed by atoms with Gasteiger partial charge in [-0.05, 0) is 18.1 Å². The number of hydrogen-bond acceptors (Lipinski definition) is 4. The molecule has 0 saturated heterocycles. The summed E-state index contributed by atoms with van der Waals surface area (Å²) in [6.45, 7) is 10.3. The van der Waals surface area contributed by atoms with Crippen LogP contribution in [-0.4, -0.2) is 18.2 Å². The molecule has 6 heteroatoms. The van der Waals surface area contributed by atoms with Crippen LogP contribution in [0.1, 0.15) is 20.8 Å². The molecule has 0 aliphatic rings. The molecule has 1 aromatic heterocycles. The number of aromatic nitrogens is 1. The highest BCUT2D eigenvalue weighted by Gasteiger charge is 2.40. The first-order chi connectivity index (χ1) is 7.65. The summed E-state index contributed by atoms with van der Waals surface area (Å²) in [4.78, 5) is 14.3. The molecule has 0 fully saturated rings. The van der Waals surface area contributed by atoms with Crippen molar-refractivity contribution in [2.45, 2.75) is 38.9 Å². The van der Waals surface area contributed by atoms with E-state index in [-0.39, 0.29) is 16.5 Å². The Bertz CT molecular complexity index is 427. The van der Waals surface area contributed by atoms with E-state index in [1.807, 2.05) is 13.1 Å². The molecule has 94 valence electrons. The molecular formula is C11H18N2O3Si. The van der Waals surface area contributed by atoms with Crippen LogP contribution in [0.2, 0.25) is 18.1 Å². The van der Waals surface area contributed by atoms with E-state index >= 15 is 0 Å². The first-order valence-electron chi connectivity index (χ1n) is 5.42. The van der Waals surface area contributed by atoms with Gasteiger partial charge in [0.1, 0.15) is 0 Å². The van der Waals surface area contributed by atoms with Gasteiger partial charge in [-0.3, -0.25) is 15.1 Å². The Balaban J connectivity index is 3.08. The first kappa shape index (κ1) is 13.6. The second-order valence-electron chi connectivity index (χ2n) is 5.46. The van der Waals surface area contributed by atoms with Gasteiger partial charge in [0.25, 0.3) is 8.32 Å². The monoisotopic (exact) mass is 254 g/mol. The van der Waals surface area contributed by atoms with E-state index in [0.717, 1.165) is 0 Å². The maximum atomic E-state index is 10.9. The number of rotatable bonds is 3. The lowest BCUT2D eigenvalue weighted by Gasteiger charge is -2.35. The highest BCUT2D eigenvalue weighted by atomic mass is 28.4. The highest BCUT2D eigenvalue weighted by Crippen LogP contribution is 2.39. The van der Waals surface area contributed by atoms with Crippen LogP contribution in [0.4, 0.5) is 5.69 Å². The van der Waals surface area contributed by atoms with E-state index < -0.39 is 13.2 Å². The smallest absolute Gasteiger partial charge is 0.312 e. The lowest BCUT2D eigenvalue weighted by Crippen LogP contribution is -2.44. The Morgan fingerprint density at radius 1 is 1.41 bits per heavy atom. The van der Waals surface area contributed by atoms with Crippen LogP contribution in [0, 0.1) is 10.1 Å². The summed E-state index contributed by atoms with van der Waals surface area (Å²) in [5.41, 5.74) is -0.0233. The average Bonchev–Trinajstić information content (AvgIpc) is 2.15. The number of hydrogen-bond donors (Lipinski definition) is 0. The summed E-state index contributed by atoms with van der Waals surface area (Å²) < 4.78 is 5.89. The fraction of sp³-hybridized carbons (Fsp3) is 0.545. The fourth-order valence-corrected chi connectivity index (χ4v) is 2.04. The fourth-order valence-electron chi connectivity index (χ4n) is 1.03. The van der Waals surface area contributed by atoms with Gasteiger partial charge in [0.15, 0.2) is 0 Å². The predicted octanol–water partition coefficient (Wildman–Crippen LogP) is 3.37. The maximum absolute atomic E-state index is 10.9. The predicted molar refractivity (Wildman–Crippen MR) is 68.7 cm³/mol. The van der Waals surface area contributed by atoms with Crippen molar-refractivity contribution in [1.82, 2.24) is 4.98 Å². The minimum atomic E-state index is -2.07. The molecule has 0 unspecified atom stereocenters. The lowest BCUT2D eigenvalue weighted by molar-refractivity contribution is -0.385. The topological polar surface area (TPSA) is 65.3 Å². The van der Waals surface area contributed by atoms with Crippen molar-refractivity contribution in [3.63, 3.8) is 0 Å². The Kier molecular flexibility index (Phi) is 3.56. The van der Waals surface area contributed by atoms with Crippen LogP contribution in [0.15, 0.2) is 18.5 Å². The van der Waals surface area contributed by atoms with E-state index in [4.69, 9.17) is 4.43 Å². The SMILES string of the molecule is CC(C)(C)[Si](C)(C)Oc1cnccc1[N+](=O)[O-]. The molecule has 1 aromatic rings. The molecule has 17 heavy (non-hydrogen) atoms. The van der Waals surface area contributed by atoms with Gasteiger partial charge in [-0.15, -0.1) is 0 Å². The van der Waals surface area contributed by atoms with Gasteiger partial charge in [0.05, 0.1) is 11.1 Å². The Morgan fingerprint density at radius 2 is 2.00 bits per heavy atom. The Hall–Kier alpha value is -1.43. The van der Waals surface area contributed by atoms with Crippen molar-refractivity contribution in [2.24, 2.45) is 0 Å². The maximum Gasteiger partial charge on any atom is 0.312 e. The molecule has 0 radical (unpaired) electrons. The van der Waals surface area contributed by atoms with Gasteiger partial charge in [-0.1, -0.05) is 20.8 Å². The van der Waals surface area contributed by atoms with Gasteiger partial charge >= 0.3 is 5.69 Å². The molecule has 0 N–H and O–H groups in total. The number of nitrogens with zero attached hydrogens (tertiary/aromatic N) is 2. The van der Waals surface area contributed by atoms with Crippen LogP contribution in [-0.2, 0) is 0 Å². The van der Waals surface area contributed by atoms with E-state index in [9.17, 15) is 10.1 Å². The Labute approximate surface area is 102 Å². The van der Waals surface area contributed by atoms with E-state index in [2.05, 4.69) is 25.8 Å². The molecule has 0 amide bonds. The third-order valence-corrected chi connectivity index (χ3v) is 7.47. The Morgan fingerprint density at radius 3 is 2.47 bits per heavy atom. The van der Waals surface area contributed by atoms with Crippen LogP contribution in [0.25, 0.3) is 0 Å². The van der Waals surface area contributed by atoms with Crippen LogP contribution in [0.5, 0.6) is 5.75 Å². The average molecular weight is 254 g/mol. The van der Waals surface area contributed by atoms with E-state index in [1.54, 1.807) is 0 Å². The molecule has 1 rings (SSSR count). The van der Waals surface area contributed by atoms with Gasteiger partial charge < -0.3 is 4.43 Å². The zero-order valence-corrected chi connectivity index (χ0v) is 11.9. The number of pyridine rings is 1. The zero-order valence-electron chi connectivity index (χ0n) is 10.9. The van der Waals surface area contributed by atoms with Crippen LogP contribution in [0.3, 0.4) is 0 Å². The summed E-state index contributed by atoms with van der Waals surface area (Å²) in [7, 11) is -2.07.